The number of aryl methyl sites for hydroxylation is 1. The molecule has 0 fully saturated rings. The molecule has 0 bridgehead atoms. The molecule has 5 nitrogen and oxygen atoms in total. The Hall–Kier alpha value is -3.74. The van der Waals surface area contributed by atoms with Gasteiger partial charge in [0.15, 0.2) is 0 Å². The van der Waals surface area contributed by atoms with Gasteiger partial charge in [-0.15, -0.1) is 0 Å². The molecule has 0 aliphatic carbocycles. The Balaban J connectivity index is 1.52. The lowest BCUT2D eigenvalue weighted by Crippen LogP contribution is -2.25. The van der Waals surface area contributed by atoms with Crippen LogP contribution in [0, 0.1) is 6.92 Å². The number of hydrogen-bond donors (Lipinski definition) is 2. The Morgan fingerprint density at radius 3 is 2.14 bits per heavy atom. The highest BCUT2D eigenvalue weighted by Crippen LogP contribution is 2.27. The zero-order valence-electron chi connectivity index (χ0n) is 19.6. The van der Waals surface area contributed by atoms with E-state index >= 15 is 0 Å². The molecule has 6 heteroatoms. The SMILES string of the molecule is Cc1cccc(CNC(=O)c2ccccc2-c2ccccc2CNS(=O)(=O)Cc2ccccc2)c1. The smallest absolute Gasteiger partial charge is 0.252 e. The summed E-state index contributed by atoms with van der Waals surface area (Å²) in [6.45, 7) is 2.58. The van der Waals surface area contributed by atoms with Crippen molar-refractivity contribution in [2.24, 2.45) is 0 Å². The molecule has 0 aliphatic rings. The molecule has 0 atom stereocenters. The molecule has 0 unspecified atom stereocenters. The van der Waals surface area contributed by atoms with E-state index in [1.165, 1.54) is 0 Å². The number of amides is 1. The Morgan fingerprint density at radius 1 is 0.714 bits per heavy atom. The fourth-order valence-corrected chi connectivity index (χ4v) is 5.09. The monoisotopic (exact) mass is 484 g/mol. The summed E-state index contributed by atoms with van der Waals surface area (Å²) < 4.78 is 28.0. The van der Waals surface area contributed by atoms with E-state index in [9.17, 15) is 13.2 Å². The third kappa shape index (κ3) is 6.66. The van der Waals surface area contributed by atoms with E-state index in [-0.39, 0.29) is 18.2 Å². The van der Waals surface area contributed by atoms with Crippen LogP contribution in [0.3, 0.4) is 0 Å². The van der Waals surface area contributed by atoms with Gasteiger partial charge in [-0.1, -0.05) is 103 Å². The number of sulfonamides is 1. The largest absolute Gasteiger partial charge is 0.348 e. The van der Waals surface area contributed by atoms with Crippen LogP contribution in [0.25, 0.3) is 11.1 Å². The highest BCUT2D eigenvalue weighted by Gasteiger charge is 2.17. The van der Waals surface area contributed by atoms with Crippen molar-refractivity contribution in [1.82, 2.24) is 10.0 Å². The predicted molar refractivity (Wildman–Crippen MR) is 140 cm³/mol. The van der Waals surface area contributed by atoms with Gasteiger partial charge in [-0.2, -0.15) is 0 Å². The van der Waals surface area contributed by atoms with Gasteiger partial charge < -0.3 is 5.32 Å². The number of hydrogen-bond acceptors (Lipinski definition) is 3. The van der Waals surface area contributed by atoms with E-state index in [0.29, 0.717) is 12.1 Å². The van der Waals surface area contributed by atoms with E-state index in [1.807, 2.05) is 91.9 Å². The van der Waals surface area contributed by atoms with Crippen molar-refractivity contribution in [3.05, 3.63) is 131 Å². The minimum absolute atomic E-state index is 0.0893. The second kappa shape index (κ2) is 11.1. The summed E-state index contributed by atoms with van der Waals surface area (Å²) in [6, 6.07) is 32.0. The van der Waals surface area contributed by atoms with E-state index in [4.69, 9.17) is 0 Å². The van der Waals surface area contributed by atoms with Crippen molar-refractivity contribution in [1.29, 1.82) is 0 Å². The molecule has 0 saturated heterocycles. The topological polar surface area (TPSA) is 75.3 Å². The predicted octanol–water partition coefficient (Wildman–Crippen LogP) is 5.21. The van der Waals surface area contributed by atoms with Crippen LogP contribution < -0.4 is 10.0 Å². The van der Waals surface area contributed by atoms with Gasteiger partial charge in [-0.3, -0.25) is 4.79 Å². The average Bonchev–Trinajstić information content (AvgIpc) is 2.87. The summed E-state index contributed by atoms with van der Waals surface area (Å²) >= 11 is 0. The summed E-state index contributed by atoms with van der Waals surface area (Å²) in [6.07, 6.45) is 0. The van der Waals surface area contributed by atoms with Crippen molar-refractivity contribution in [3.8, 4) is 11.1 Å². The number of rotatable bonds is 9. The van der Waals surface area contributed by atoms with Crippen LogP contribution in [0.4, 0.5) is 0 Å². The van der Waals surface area contributed by atoms with Crippen molar-refractivity contribution in [3.63, 3.8) is 0 Å². The summed E-state index contributed by atoms with van der Waals surface area (Å²) in [5.41, 5.74) is 5.81. The highest BCUT2D eigenvalue weighted by molar-refractivity contribution is 7.88. The number of carbonyl (C=O) groups excluding carboxylic acids is 1. The van der Waals surface area contributed by atoms with Crippen LogP contribution in [0.2, 0.25) is 0 Å². The van der Waals surface area contributed by atoms with Gasteiger partial charge in [-0.05, 0) is 40.8 Å². The lowest BCUT2D eigenvalue weighted by molar-refractivity contribution is 0.0951. The molecule has 0 aromatic heterocycles. The van der Waals surface area contributed by atoms with E-state index in [0.717, 1.165) is 33.4 Å². The second-order valence-corrected chi connectivity index (χ2v) is 10.2. The molecular formula is C29H28N2O3S. The molecule has 4 rings (SSSR count). The van der Waals surface area contributed by atoms with Crippen LogP contribution in [0.5, 0.6) is 0 Å². The number of nitrogens with one attached hydrogen (secondary N) is 2. The molecule has 0 saturated carbocycles. The molecule has 0 radical (unpaired) electrons. The van der Waals surface area contributed by atoms with Gasteiger partial charge in [0.2, 0.25) is 10.0 Å². The zero-order valence-corrected chi connectivity index (χ0v) is 20.4. The molecule has 0 spiro atoms. The Kier molecular flexibility index (Phi) is 7.75. The van der Waals surface area contributed by atoms with Gasteiger partial charge in [0, 0.05) is 18.7 Å². The molecule has 0 heterocycles. The summed E-state index contributed by atoms with van der Waals surface area (Å²) in [4.78, 5) is 13.1. The zero-order chi connectivity index (χ0) is 24.7. The molecule has 178 valence electrons. The lowest BCUT2D eigenvalue weighted by Gasteiger charge is -2.15. The summed E-state index contributed by atoms with van der Waals surface area (Å²) in [7, 11) is -3.53. The quantitative estimate of drug-likeness (QED) is 0.342. The fraction of sp³-hybridized carbons (Fsp3) is 0.138. The van der Waals surface area contributed by atoms with Crippen LogP contribution in [-0.2, 0) is 28.9 Å². The minimum Gasteiger partial charge on any atom is -0.348 e. The first-order chi connectivity index (χ1) is 16.9. The van der Waals surface area contributed by atoms with Crippen LogP contribution in [0.1, 0.15) is 32.6 Å². The molecule has 4 aromatic carbocycles. The lowest BCUT2D eigenvalue weighted by atomic mass is 9.95. The Labute approximate surface area is 206 Å². The van der Waals surface area contributed by atoms with Crippen LogP contribution in [0.15, 0.2) is 103 Å². The van der Waals surface area contributed by atoms with Gasteiger partial charge in [0.25, 0.3) is 5.91 Å². The first kappa shape index (κ1) is 24.4. The summed E-state index contributed by atoms with van der Waals surface area (Å²) in [5, 5.41) is 3.01. The normalized spacial score (nSPS) is 11.2. The number of carbonyl (C=O) groups is 1. The highest BCUT2D eigenvalue weighted by atomic mass is 32.2. The van der Waals surface area contributed by atoms with Crippen molar-refractivity contribution < 1.29 is 13.2 Å². The van der Waals surface area contributed by atoms with Gasteiger partial charge >= 0.3 is 0 Å². The molecule has 2 N–H and O–H groups in total. The van der Waals surface area contributed by atoms with E-state index < -0.39 is 10.0 Å². The molecule has 1 amide bonds. The van der Waals surface area contributed by atoms with Crippen LogP contribution in [-0.4, -0.2) is 14.3 Å². The van der Waals surface area contributed by atoms with Crippen LogP contribution >= 0.6 is 0 Å². The Morgan fingerprint density at radius 2 is 1.37 bits per heavy atom. The third-order valence-electron chi connectivity index (χ3n) is 5.70. The first-order valence-electron chi connectivity index (χ1n) is 11.4. The maximum absolute atomic E-state index is 13.1. The molecule has 4 aromatic rings. The van der Waals surface area contributed by atoms with Gasteiger partial charge in [0.1, 0.15) is 0 Å². The first-order valence-corrected chi connectivity index (χ1v) is 13.1. The average molecular weight is 485 g/mol. The maximum Gasteiger partial charge on any atom is 0.252 e. The van der Waals surface area contributed by atoms with Crippen molar-refractivity contribution in [2.75, 3.05) is 0 Å². The summed E-state index contributed by atoms with van der Waals surface area (Å²) in [5.74, 6) is -0.268. The maximum atomic E-state index is 13.1. The van der Waals surface area contributed by atoms with E-state index in [1.54, 1.807) is 18.2 Å². The third-order valence-corrected chi connectivity index (χ3v) is 6.99. The van der Waals surface area contributed by atoms with Crippen molar-refractivity contribution in [2.45, 2.75) is 25.8 Å². The van der Waals surface area contributed by atoms with Gasteiger partial charge in [0.05, 0.1) is 5.75 Å². The molecule has 0 aliphatic heterocycles. The molecular weight excluding hydrogens is 456 g/mol. The van der Waals surface area contributed by atoms with E-state index in [2.05, 4.69) is 10.0 Å². The minimum atomic E-state index is -3.53. The van der Waals surface area contributed by atoms with Crippen molar-refractivity contribution >= 4 is 15.9 Å². The second-order valence-electron chi connectivity index (χ2n) is 8.44. The molecule has 35 heavy (non-hydrogen) atoms. The van der Waals surface area contributed by atoms with Gasteiger partial charge in [-0.25, -0.2) is 13.1 Å². The fourth-order valence-electron chi connectivity index (χ4n) is 3.99. The number of benzene rings is 4. The Bertz CT molecular complexity index is 1420. The standard InChI is InChI=1S/C29H28N2O3S/c1-22-10-9-13-24(18-22)19-30-29(32)28-17-8-7-16-27(28)26-15-6-5-14-25(26)20-31-35(33,34)21-23-11-3-2-4-12-23/h2-18,31H,19-21H2,1H3,(H,30,32).